The minimum Gasteiger partial charge on any atom is -0.385 e. The zero-order chi connectivity index (χ0) is 11.6. The fourth-order valence-corrected chi connectivity index (χ4v) is 1.79. The van der Waals surface area contributed by atoms with Crippen LogP contribution in [-0.2, 0) is 4.74 Å². The molecular weight excluding hydrogens is 184 g/mol. The maximum absolute atomic E-state index is 5.02. The molecular formula is C14H30O. The lowest BCUT2D eigenvalue weighted by atomic mass is 9.89. The smallest absolute Gasteiger partial charge is 0.0462 e. The molecule has 0 amide bonds. The van der Waals surface area contributed by atoms with Gasteiger partial charge in [0.15, 0.2) is 0 Å². The normalized spacial score (nSPS) is 12.0. The van der Waals surface area contributed by atoms with Gasteiger partial charge < -0.3 is 4.74 Å². The van der Waals surface area contributed by atoms with Crippen LogP contribution in [0.25, 0.3) is 0 Å². The first-order valence-electron chi connectivity index (χ1n) is 6.55. The Hall–Kier alpha value is -0.0400. The molecule has 0 saturated carbocycles. The highest BCUT2D eigenvalue weighted by atomic mass is 16.5. The van der Waals surface area contributed by atoms with Gasteiger partial charge in [0.25, 0.3) is 0 Å². The van der Waals surface area contributed by atoms with Gasteiger partial charge in [0.1, 0.15) is 0 Å². The van der Waals surface area contributed by atoms with Crippen molar-refractivity contribution in [2.24, 2.45) is 5.41 Å². The Balaban J connectivity index is 2.99. The Bertz CT molecular complexity index is 124. The van der Waals surface area contributed by atoms with Crippen molar-refractivity contribution >= 4 is 0 Å². The lowest BCUT2D eigenvalue weighted by molar-refractivity contribution is 0.192. The highest BCUT2D eigenvalue weighted by Crippen LogP contribution is 2.22. The van der Waals surface area contributed by atoms with Gasteiger partial charge in [0.2, 0.25) is 0 Å². The van der Waals surface area contributed by atoms with E-state index < -0.39 is 0 Å². The summed E-state index contributed by atoms with van der Waals surface area (Å²) in [6.07, 6.45) is 11.0. The Morgan fingerprint density at radius 3 is 1.67 bits per heavy atom. The summed E-state index contributed by atoms with van der Waals surface area (Å²) in [7, 11) is 1.78. The Kier molecular flexibility index (Phi) is 9.18. The number of hydrogen-bond acceptors (Lipinski definition) is 1. The molecule has 0 aliphatic rings. The van der Waals surface area contributed by atoms with Crippen molar-refractivity contribution in [3.8, 4) is 0 Å². The summed E-state index contributed by atoms with van der Waals surface area (Å²) in [5, 5.41) is 0. The van der Waals surface area contributed by atoms with Crippen molar-refractivity contribution < 1.29 is 4.74 Å². The van der Waals surface area contributed by atoms with Gasteiger partial charge in [-0.3, -0.25) is 0 Å². The average molecular weight is 214 g/mol. The Morgan fingerprint density at radius 2 is 1.20 bits per heavy atom. The van der Waals surface area contributed by atoms with Crippen LogP contribution in [0.4, 0.5) is 0 Å². The van der Waals surface area contributed by atoms with Crippen molar-refractivity contribution in [2.75, 3.05) is 13.7 Å². The minimum atomic E-state index is 0.526. The minimum absolute atomic E-state index is 0.526. The number of hydrogen-bond donors (Lipinski definition) is 0. The highest BCUT2D eigenvalue weighted by Gasteiger charge is 2.08. The third-order valence-corrected chi connectivity index (χ3v) is 2.78. The fourth-order valence-electron chi connectivity index (χ4n) is 1.79. The molecule has 92 valence electrons. The zero-order valence-electron chi connectivity index (χ0n) is 11.3. The van der Waals surface area contributed by atoms with Crippen LogP contribution in [0.3, 0.4) is 0 Å². The van der Waals surface area contributed by atoms with E-state index in [4.69, 9.17) is 4.74 Å². The van der Waals surface area contributed by atoms with Crippen LogP contribution >= 0.6 is 0 Å². The van der Waals surface area contributed by atoms with Crippen LogP contribution in [0.1, 0.15) is 72.1 Å². The summed E-state index contributed by atoms with van der Waals surface area (Å²) < 4.78 is 5.02. The number of rotatable bonds is 9. The molecule has 0 atom stereocenters. The van der Waals surface area contributed by atoms with Crippen LogP contribution in [-0.4, -0.2) is 13.7 Å². The predicted octanol–water partition coefficient (Wildman–Crippen LogP) is 4.80. The van der Waals surface area contributed by atoms with Gasteiger partial charge in [0.05, 0.1) is 0 Å². The fraction of sp³-hybridized carbons (Fsp3) is 1.00. The van der Waals surface area contributed by atoms with Crippen LogP contribution in [0.2, 0.25) is 0 Å². The van der Waals surface area contributed by atoms with E-state index in [1.165, 1.54) is 51.4 Å². The van der Waals surface area contributed by atoms with E-state index in [-0.39, 0.29) is 0 Å². The van der Waals surface area contributed by atoms with Gasteiger partial charge in [-0.1, -0.05) is 59.3 Å². The maximum atomic E-state index is 5.02. The number of unbranched alkanes of at least 4 members (excludes halogenated alkanes) is 6. The van der Waals surface area contributed by atoms with Crippen LogP contribution in [0.15, 0.2) is 0 Å². The third kappa shape index (κ3) is 14.0. The molecule has 0 N–H and O–H groups in total. The second-order valence-electron chi connectivity index (χ2n) is 5.78. The molecule has 0 unspecified atom stereocenters. The second-order valence-corrected chi connectivity index (χ2v) is 5.78. The van der Waals surface area contributed by atoms with E-state index in [2.05, 4.69) is 20.8 Å². The van der Waals surface area contributed by atoms with Crippen molar-refractivity contribution in [3.05, 3.63) is 0 Å². The SMILES string of the molecule is COCCCCCCCCCC(C)(C)C. The second kappa shape index (κ2) is 9.21. The molecule has 0 spiro atoms. The van der Waals surface area contributed by atoms with Crippen LogP contribution < -0.4 is 0 Å². The molecule has 0 rings (SSSR count). The molecule has 1 nitrogen and oxygen atoms in total. The van der Waals surface area contributed by atoms with E-state index in [0.717, 1.165) is 6.61 Å². The number of ether oxygens (including phenoxy) is 1. The topological polar surface area (TPSA) is 9.23 Å². The molecule has 0 bridgehead atoms. The van der Waals surface area contributed by atoms with Gasteiger partial charge in [-0.15, -0.1) is 0 Å². The van der Waals surface area contributed by atoms with Gasteiger partial charge in [-0.05, 0) is 18.3 Å². The third-order valence-electron chi connectivity index (χ3n) is 2.78. The molecule has 0 aromatic carbocycles. The lowest BCUT2D eigenvalue weighted by Crippen LogP contribution is -2.03. The summed E-state index contributed by atoms with van der Waals surface area (Å²) in [5.74, 6) is 0. The van der Waals surface area contributed by atoms with E-state index in [0.29, 0.717) is 5.41 Å². The van der Waals surface area contributed by atoms with Crippen LogP contribution in [0.5, 0.6) is 0 Å². The van der Waals surface area contributed by atoms with E-state index in [1.54, 1.807) is 7.11 Å². The molecule has 0 aliphatic heterocycles. The molecule has 1 heteroatoms. The first-order valence-corrected chi connectivity index (χ1v) is 6.55. The standard InChI is InChI=1S/C14H30O/c1-14(2,3)12-10-8-6-5-7-9-11-13-15-4/h5-13H2,1-4H3. The molecule has 0 fully saturated rings. The van der Waals surface area contributed by atoms with Gasteiger partial charge in [-0.25, -0.2) is 0 Å². The van der Waals surface area contributed by atoms with E-state index >= 15 is 0 Å². The summed E-state index contributed by atoms with van der Waals surface area (Å²) in [6, 6.07) is 0. The van der Waals surface area contributed by atoms with Crippen molar-refractivity contribution in [1.29, 1.82) is 0 Å². The Morgan fingerprint density at radius 1 is 0.733 bits per heavy atom. The molecule has 0 heterocycles. The maximum Gasteiger partial charge on any atom is 0.0462 e. The first-order chi connectivity index (χ1) is 7.06. The van der Waals surface area contributed by atoms with Gasteiger partial charge in [-0.2, -0.15) is 0 Å². The van der Waals surface area contributed by atoms with Crippen LogP contribution in [0, 0.1) is 5.41 Å². The number of methoxy groups -OCH3 is 1. The van der Waals surface area contributed by atoms with E-state index in [9.17, 15) is 0 Å². The molecule has 0 aromatic rings. The predicted molar refractivity (Wildman–Crippen MR) is 68.3 cm³/mol. The first kappa shape index (κ1) is 15.0. The highest BCUT2D eigenvalue weighted by molar-refractivity contribution is 4.60. The summed E-state index contributed by atoms with van der Waals surface area (Å²) in [6.45, 7) is 7.93. The average Bonchev–Trinajstić information content (AvgIpc) is 2.14. The van der Waals surface area contributed by atoms with Crippen molar-refractivity contribution in [2.45, 2.75) is 72.1 Å². The van der Waals surface area contributed by atoms with E-state index in [1.807, 2.05) is 0 Å². The summed E-state index contributed by atoms with van der Waals surface area (Å²) in [4.78, 5) is 0. The lowest BCUT2D eigenvalue weighted by Gasteiger charge is -2.17. The monoisotopic (exact) mass is 214 g/mol. The van der Waals surface area contributed by atoms with Gasteiger partial charge >= 0.3 is 0 Å². The molecule has 0 saturated heterocycles. The largest absolute Gasteiger partial charge is 0.385 e. The van der Waals surface area contributed by atoms with Gasteiger partial charge in [0, 0.05) is 13.7 Å². The molecule has 0 aromatic heterocycles. The van der Waals surface area contributed by atoms with Crippen molar-refractivity contribution in [1.82, 2.24) is 0 Å². The zero-order valence-corrected chi connectivity index (χ0v) is 11.3. The molecule has 0 aliphatic carbocycles. The van der Waals surface area contributed by atoms with Crippen molar-refractivity contribution in [3.63, 3.8) is 0 Å². The molecule has 0 radical (unpaired) electrons. The molecule has 15 heavy (non-hydrogen) atoms. The Labute approximate surface area is 96.6 Å². The quantitative estimate of drug-likeness (QED) is 0.501. The summed E-state index contributed by atoms with van der Waals surface area (Å²) in [5.41, 5.74) is 0.526. The summed E-state index contributed by atoms with van der Waals surface area (Å²) >= 11 is 0.